The minimum atomic E-state index is -3.40. The zero-order chi connectivity index (χ0) is 19.4. The minimum Gasteiger partial charge on any atom is -0.508 e. The number of nitrogens with one attached hydrogen (secondary N) is 2. The Labute approximate surface area is 159 Å². The Morgan fingerprint density at radius 2 is 1.74 bits per heavy atom. The average molecular weight is 390 g/mol. The third-order valence-corrected chi connectivity index (χ3v) is 5.81. The highest BCUT2D eigenvalue weighted by Crippen LogP contribution is 2.20. The second kappa shape index (κ2) is 7.98. The second-order valence-corrected chi connectivity index (χ2v) is 8.73. The summed E-state index contributed by atoms with van der Waals surface area (Å²) in [6, 6.07) is 13.5. The van der Waals surface area contributed by atoms with Gasteiger partial charge in [0, 0.05) is 11.9 Å². The topological polar surface area (TPSA) is 91.2 Å². The van der Waals surface area contributed by atoms with Gasteiger partial charge in [0.05, 0.1) is 36.8 Å². The molecule has 1 aliphatic rings. The maximum atomic E-state index is 12.4. The highest BCUT2D eigenvalue weighted by atomic mass is 32.2. The summed E-state index contributed by atoms with van der Waals surface area (Å²) in [6.07, 6.45) is 1.13. The van der Waals surface area contributed by atoms with Crippen LogP contribution in [-0.4, -0.2) is 58.4 Å². The van der Waals surface area contributed by atoms with Crippen molar-refractivity contribution in [2.24, 2.45) is 0 Å². The van der Waals surface area contributed by atoms with E-state index < -0.39 is 9.84 Å². The van der Waals surface area contributed by atoms with E-state index in [1.165, 1.54) is 6.07 Å². The second-order valence-electron chi connectivity index (χ2n) is 6.75. The Kier molecular flexibility index (Phi) is 5.67. The van der Waals surface area contributed by atoms with Gasteiger partial charge in [-0.2, -0.15) is 0 Å². The molecule has 1 heterocycles. The number of hydrogen-bond acceptors (Lipinski definition) is 5. The molecule has 3 N–H and O–H groups in total. The monoisotopic (exact) mass is 390 g/mol. The number of carbonyl (C=O) groups is 1. The number of benzene rings is 2. The number of nitrogens with zero attached hydrogens (tertiary/aromatic N) is 1. The van der Waals surface area contributed by atoms with Crippen molar-refractivity contribution in [1.29, 1.82) is 0 Å². The van der Waals surface area contributed by atoms with Crippen LogP contribution in [0, 0.1) is 0 Å². The van der Waals surface area contributed by atoms with Crippen LogP contribution in [0.5, 0.6) is 5.75 Å². The number of phenolic OH excluding ortho intramolecular Hbond substituents is 1. The van der Waals surface area contributed by atoms with Crippen LogP contribution < -0.4 is 15.1 Å². The Balaban J connectivity index is 1.55. The predicted molar refractivity (Wildman–Crippen MR) is 104 cm³/mol. The lowest BCUT2D eigenvalue weighted by Gasteiger charge is -2.33. The molecule has 0 aromatic heterocycles. The number of amides is 1. The largest absolute Gasteiger partial charge is 0.508 e. The highest BCUT2D eigenvalue weighted by molar-refractivity contribution is 7.90. The van der Waals surface area contributed by atoms with Gasteiger partial charge < -0.3 is 20.2 Å². The van der Waals surface area contributed by atoms with Crippen LogP contribution >= 0.6 is 0 Å². The van der Waals surface area contributed by atoms with Crippen molar-refractivity contribution in [3.05, 3.63) is 48.5 Å². The number of quaternary nitrogens is 1. The normalized spacial score (nSPS) is 15.5. The van der Waals surface area contributed by atoms with E-state index in [4.69, 9.17) is 0 Å². The summed E-state index contributed by atoms with van der Waals surface area (Å²) in [7, 11) is -3.40. The van der Waals surface area contributed by atoms with Crippen LogP contribution in [0.4, 0.5) is 11.4 Å². The van der Waals surface area contributed by atoms with Crippen LogP contribution in [-0.2, 0) is 14.6 Å². The zero-order valence-corrected chi connectivity index (χ0v) is 16.0. The van der Waals surface area contributed by atoms with Crippen molar-refractivity contribution in [1.82, 2.24) is 0 Å². The van der Waals surface area contributed by atoms with E-state index in [0.717, 1.165) is 43.0 Å². The molecule has 1 saturated heterocycles. The van der Waals surface area contributed by atoms with Gasteiger partial charge in [0.1, 0.15) is 5.75 Å². The molecule has 0 atom stereocenters. The van der Waals surface area contributed by atoms with E-state index in [1.807, 2.05) is 12.1 Å². The van der Waals surface area contributed by atoms with Crippen LogP contribution in [0.25, 0.3) is 0 Å². The van der Waals surface area contributed by atoms with Crippen molar-refractivity contribution >= 4 is 27.1 Å². The molecule has 1 fully saturated rings. The summed E-state index contributed by atoms with van der Waals surface area (Å²) >= 11 is 0. The summed E-state index contributed by atoms with van der Waals surface area (Å²) < 4.78 is 23.7. The first-order chi connectivity index (χ1) is 12.8. The van der Waals surface area contributed by atoms with Gasteiger partial charge in [-0.1, -0.05) is 12.1 Å². The van der Waals surface area contributed by atoms with Gasteiger partial charge in [0.2, 0.25) is 0 Å². The molecular weight excluding hydrogens is 366 g/mol. The third-order valence-electron chi connectivity index (χ3n) is 4.66. The standard InChI is InChI=1S/C19H23N3O4S/c1-27(25,26)18-5-3-2-4-17(18)20-19(24)14-21-10-12-22(13-11-21)15-6-8-16(23)9-7-15/h2-9,23H,10-14H2,1H3,(H,20,24)/p+1. The first kappa shape index (κ1) is 19.2. The van der Waals surface area contributed by atoms with Crippen LogP contribution in [0.15, 0.2) is 53.4 Å². The lowest BCUT2D eigenvalue weighted by molar-refractivity contribution is -0.892. The van der Waals surface area contributed by atoms with E-state index in [-0.39, 0.29) is 16.6 Å². The maximum Gasteiger partial charge on any atom is 0.279 e. The number of carbonyl (C=O) groups excluding carboxylic acids is 1. The summed E-state index contributed by atoms with van der Waals surface area (Å²) in [4.78, 5) is 15.9. The van der Waals surface area contributed by atoms with E-state index in [2.05, 4.69) is 10.2 Å². The molecule has 2 aromatic carbocycles. The van der Waals surface area contributed by atoms with E-state index in [9.17, 15) is 18.3 Å². The molecule has 1 aliphatic heterocycles. The fraction of sp³-hybridized carbons (Fsp3) is 0.316. The average Bonchev–Trinajstić information content (AvgIpc) is 2.62. The number of rotatable bonds is 5. The molecule has 1 amide bonds. The summed E-state index contributed by atoms with van der Waals surface area (Å²) in [5.41, 5.74) is 1.38. The van der Waals surface area contributed by atoms with Crippen LogP contribution in [0.3, 0.4) is 0 Å². The molecule has 0 unspecified atom stereocenters. The number of anilines is 2. The van der Waals surface area contributed by atoms with Crippen molar-refractivity contribution in [2.75, 3.05) is 49.2 Å². The highest BCUT2D eigenvalue weighted by Gasteiger charge is 2.23. The van der Waals surface area contributed by atoms with Gasteiger partial charge >= 0.3 is 0 Å². The van der Waals surface area contributed by atoms with Crippen molar-refractivity contribution in [3.63, 3.8) is 0 Å². The molecule has 8 heteroatoms. The summed E-state index contributed by atoms with van der Waals surface area (Å²) in [5, 5.41) is 12.1. The molecule has 0 radical (unpaired) electrons. The molecule has 3 rings (SSSR count). The molecule has 7 nitrogen and oxygen atoms in total. The Morgan fingerprint density at radius 1 is 1.11 bits per heavy atom. The Hall–Kier alpha value is -2.58. The Bertz CT molecular complexity index is 905. The number of hydrogen-bond donors (Lipinski definition) is 3. The fourth-order valence-electron chi connectivity index (χ4n) is 3.24. The summed E-state index contributed by atoms with van der Waals surface area (Å²) in [5.74, 6) is 0.0493. The molecule has 0 saturated carbocycles. The van der Waals surface area contributed by atoms with Gasteiger partial charge in [-0.05, 0) is 36.4 Å². The molecule has 27 heavy (non-hydrogen) atoms. The van der Waals surface area contributed by atoms with Crippen LogP contribution in [0.1, 0.15) is 0 Å². The van der Waals surface area contributed by atoms with Crippen molar-refractivity contribution in [3.8, 4) is 5.75 Å². The quantitative estimate of drug-likeness (QED) is 0.676. The van der Waals surface area contributed by atoms with Gasteiger partial charge in [-0.3, -0.25) is 4.79 Å². The van der Waals surface area contributed by atoms with Crippen molar-refractivity contribution < 1.29 is 23.2 Å². The SMILES string of the molecule is CS(=O)(=O)c1ccccc1NC(=O)C[NH+]1CCN(c2ccc(O)cc2)CC1. The number of sulfone groups is 1. The third kappa shape index (κ3) is 4.99. The first-order valence-corrected chi connectivity index (χ1v) is 10.7. The fourth-order valence-corrected chi connectivity index (χ4v) is 4.08. The van der Waals surface area contributed by atoms with Gasteiger partial charge in [0.15, 0.2) is 16.4 Å². The van der Waals surface area contributed by atoms with Gasteiger partial charge in [0.25, 0.3) is 5.91 Å². The van der Waals surface area contributed by atoms with Gasteiger partial charge in [-0.15, -0.1) is 0 Å². The smallest absolute Gasteiger partial charge is 0.279 e. The van der Waals surface area contributed by atoms with E-state index in [0.29, 0.717) is 12.2 Å². The predicted octanol–water partition coefficient (Wildman–Crippen LogP) is 0.139. The lowest BCUT2D eigenvalue weighted by Crippen LogP contribution is -3.15. The van der Waals surface area contributed by atoms with E-state index in [1.54, 1.807) is 30.3 Å². The molecule has 0 aliphatic carbocycles. The molecular formula is C19H24N3O4S+. The number of piperazine rings is 1. The van der Waals surface area contributed by atoms with Crippen LogP contribution in [0.2, 0.25) is 0 Å². The van der Waals surface area contributed by atoms with Gasteiger partial charge in [-0.25, -0.2) is 8.42 Å². The number of para-hydroxylation sites is 1. The summed E-state index contributed by atoms with van der Waals surface area (Å²) in [6.45, 7) is 3.53. The molecule has 2 aromatic rings. The first-order valence-electron chi connectivity index (χ1n) is 8.79. The maximum absolute atomic E-state index is 12.4. The zero-order valence-electron chi connectivity index (χ0n) is 15.2. The Morgan fingerprint density at radius 3 is 2.37 bits per heavy atom. The lowest BCUT2D eigenvalue weighted by atomic mass is 10.2. The van der Waals surface area contributed by atoms with E-state index >= 15 is 0 Å². The number of phenols is 1. The molecule has 0 bridgehead atoms. The number of aromatic hydroxyl groups is 1. The van der Waals surface area contributed by atoms with Crippen molar-refractivity contribution in [2.45, 2.75) is 4.90 Å². The minimum absolute atomic E-state index is 0.130. The molecule has 144 valence electrons. The molecule has 0 spiro atoms.